The lowest BCUT2D eigenvalue weighted by molar-refractivity contribution is -0.121. The second kappa shape index (κ2) is 9.80. The second-order valence-electron chi connectivity index (χ2n) is 7.55. The van der Waals surface area contributed by atoms with Crippen LogP contribution >= 0.6 is 0 Å². The fourth-order valence-corrected chi connectivity index (χ4v) is 2.35. The van der Waals surface area contributed by atoms with Crippen molar-refractivity contribution in [3.8, 4) is 0 Å². The summed E-state index contributed by atoms with van der Waals surface area (Å²) in [5, 5.41) is 13.1. The summed E-state index contributed by atoms with van der Waals surface area (Å²) in [6.45, 7) is 11.7. The van der Waals surface area contributed by atoms with Crippen molar-refractivity contribution in [3.63, 3.8) is 0 Å². The fraction of sp³-hybridized carbons (Fsp3) is 0.650. The molecule has 24 heavy (non-hydrogen) atoms. The average molecular weight is 335 g/mol. The first kappa shape index (κ1) is 20.7. The maximum absolute atomic E-state index is 11.8. The predicted molar refractivity (Wildman–Crippen MR) is 98.1 cm³/mol. The molecule has 0 aliphatic rings. The molecule has 0 saturated carbocycles. The van der Waals surface area contributed by atoms with E-state index in [0.29, 0.717) is 26.0 Å². The Kier molecular flexibility index (Phi) is 8.43. The van der Waals surface area contributed by atoms with E-state index in [2.05, 4.69) is 26.1 Å². The molecule has 0 heterocycles. The highest BCUT2D eigenvalue weighted by atomic mass is 16.5. The Hall–Kier alpha value is -1.39. The molecular weight excluding hydrogens is 302 g/mol. The molecule has 1 amide bonds. The SMILES string of the molecule is CC(C)OCCCNC(=O)CC[C@@H](O)c1ccc(C(C)(C)C)cc1. The zero-order chi connectivity index (χ0) is 18.2. The summed E-state index contributed by atoms with van der Waals surface area (Å²) in [6.07, 6.45) is 1.19. The number of carbonyl (C=O) groups is 1. The van der Waals surface area contributed by atoms with Crippen molar-refractivity contribution in [2.45, 2.75) is 71.5 Å². The molecule has 0 radical (unpaired) electrons. The summed E-state index contributed by atoms with van der Waals surface area (Å²) in [5.74, 6) is -0.0232. The van der Waals surface area contributed by atoms with Gasteiger partial charge in [-0.2, -0.15) is 0 Å². The summed E-state index contributed by atoms with van der Waals surface area (Å²) >= 11 is 0. The molecule has 4 nitrogen and oxygen atoms in total. The number of amides is 1. The van der Waals surface area contributed by atoms with E-state index in [1.165, 1.54) is 5.56 Å². The first-order valence-electron chi connectivity index (χ1n) is 8.87. The van der Waals surface area contributed by atoms with Crippen LogP contribution in [0.15, 0.2) is 24.3 Å². The van der Waals surface area contributed by atoms with E-state index >= 15 is 0 Å². The lowest BCUT2D eigenvalue weighted by Crippen LogP contribution is -2.25. The van der Waals surface area contributed by atoms with Gasteiger partial charge < -0.3 is 15.2 Å². The van der Waals surface area contributed by atoms with Crippen LogP contribution in [0.5, 0.6) is 0 Å². The largest absolute Gasteiger partial charge is 0.388 e. The summed E-state index contributed by atoms with van der Waals surface area (Å²) in [6, 6.07) is 8.00. The van der Waals surface area contributed by atoms with Crippen LogP contribution in [-0.2, 0) is 14.9 Å². The van der Waals surface area contributed by atoms with Gasteiger partial charge in [-0.05, 0) is 43.2 Å². The van der Waals surface area contributed by atoms with Crippen molar-refractivity contribution in [2.24, 2.45) is 0 Å². The van der Waals surface area contributed by atoms with Gasteiger partial charge in [0.05, 0.1) is 12.2 Å². The molecule has 0 aliphatic carbocycles. The minimum absolute atomic E-state index is 0.0232. The Balaban J connectivity index is 2.30. The number of aliphatic hydroxyl groups excluding tert-OH is 1. The average Bonchev–Trinajstić information content (AvgIpc) is 2.51. The van der Waals surface area contributed by atoms with Gasteiger partial charge in [-0.1, -0.05) is 45.0 Å². The predicted octanol–water partition coefficient (Wildman–Crippen LogP) is 3.73. The number of benzene rings is 1. The topological polar surface area (TPSA) is 58.6 Å². The highest BCUT2D eigenvalue weighted by molar-refractivity contribution is 5.75. The molecule has 4 heteroatoms. The molecule has 136 valence electrons. The Morgan fingerprint density at radius 2 is 1.83 bits per heavy atom. The van der Waals surface area contributed by atoms with Gasteiger partial charge in [-0.15, -0.1) is 0 Å². The van der Waals surface area contributed by atoms with Crippen LogP contribution in [0.25, 0.3) is 0 Å². The first-order chi connectivity index (χ1) is 11.2. The van der Waals surface area contributed by atoms with Crippen molar-refractivity contribution in [1.29, 1.82) is 0 Å². The maximum Gasteiger partial charge on any atom is 0.220 e. The molecule has 1 aromatic rings. The Morgan fingerprint density at radius 1 is 1.21 bits per heavy atom. The summed E-state index contributed by atoms with van der Waals surface area (Å²) in [5.41, 5.74) is 2.20. The lowest BCUT2D eigenvalue weighted by Gasteiger charge is -2.20. The van der Waals surface area contributed by atoms with Gasteiger partial charge in [0, 0.05) is 19.6 Å². The molecule has 0 bridgehead atoms. The third kappa shape index (κ3) is 7.93. The fourth-order valence-electron chi connectivity index (χ4n) is 2.35. The van der Waals surface area contributed by atoms with E-state index in [9.17, 15) is 9.90 Å². The number of ether oxygens (including phenoxy) is 1. The quantitative estimate of drug-likeness (QED) is 0.676. The molecule has 0 aliphatic heterocycles. The van der Waals surface area contributed by atoms with E-state index in [1.54, 1.807) is 0 Å². The molecule has 0 unspecified atom stereocenters. The van der Waals surface area contributed by atoms with Crippen LogP contribution in [0, 0.1) is 0 Å². The van der Waals surface area contributed by atoms with Crippen molar-refractivity contribution < 1.29 is 14.6 Å². The normalized spacial score (nSPS) is 13.1. The van der Waals surface area contributed by atoms with Crippen molar-refractivity contribution in [3.05, 3.63) is 35.4 Å². The molecule has 1 rings (SSSR count). The van der Waals surface area contributed by atoms with Gasteiger partial charge in [-0.25, -0.2) is 0 Å². The molecule has 0 spiro atoms. The van der Waals surface area contributed by atoms with E-state index in [-0.39, 0.29) is 17.4 Å². The third-order valence-electron chi connectivity index (χ3n) is 3.90. The number of hydrogen-bond donors (Lipinski definition) is 2. The van der Waals surface area contributed by atoms with Crippen molar-refractivity contribution in [2.75, 3.05) is 13.2 Å². The van der Waals surface area contributed by atoms with Gasteiger partial charge in [0.1, 0.15) is 0 Å². The van der Waals surface area contributed by atoms with Gasteiger partial charge in [0.15, 0.2) is 0 Å². The number of aliphatic hydroxyl groups is 1. The van der Waals surface area contributed by atoms with E-state index in [0.717, 1.165) is 12.0 Å². The molecule has 0 fully saturated rings. The number of nitrogens with one attached hydrogen (secondary N) is 1. The Bertz CT molecular complexity index is 489. The second-order valence-corrected chi connectivity index (χ2v) is 7.55. The summed E-state index contributed by atoms with van der Waals surface area (Å²) < 4.78 is 5.42. The van der Waals surface area contributed by atoms with Crippen LogP contribution in [0.1, 0.15) is 71.1 Å². The highest BCUT2D eigenvalue weighted by Crippen LogP contribution is 2.25. The van der Waals surface area contributed by atoms with Crippen LogP contribution in [0.3, 0.4) is 0 Å². The zero-order valence-corrected chi connectivity index (χ0v) is 15.8. The Morgan fingerprint density at radius 3 is 2.38 bits per heavy atom. The zero-order valence-electron chi connectivity index (χ0n) is 15.8. The monoisotopic (exact) mass is 335 g/mol. The van der Waals surface area contributed by atoms with Crippen molar-refractivity contribution >= 4 is 5.91 Å². The van der Waals surface area contributed by atoms with Crippen LogP contribution in [0.4, 0.5) is 0 Å². The van der Waals surface area contributed by atoms with E-state index < -0.39 is 6.10 Å². The molecule has 2 N–H and O–H groups in total. The van der Waals surface area contributed by atoms with Gasteiger partial charge >= 0.3 is 0 Å². The van der Waals surface area contributed by atoms with Gasteiger partial charge in [0.25, 0.3) is 0 Å². The first-order valence-corrected chi connectivity index (χ1v) is 8.87. The van der Waals surface area contributed by atoms with Crippen molar-refractivity contribution in [1.82, 2.24) is 5.32 Å². The van der Waals surface area contributed by atoms with Gasteiger partial charge in [0.2, 0.25) is 5.91 Å². The molecule has 0 aromatic heterocycles. The van der Waals surface area contributed by atoms with Crippen LogP contribution in [-0.4, -0.2) is 30.3 Å². The number of hydrogen-bond acceptors (Lipinski definition) is 3. The Labute approximate surface area is 146 Å². The van der Waals surface area contributed by atoms with E-state index in [1.807, 2.05) is 38.1 Å². The third-order valence-corrected chi connectivity index (χ3v) is 3.90. The smallest absolute Gasteiger partial charge is 0.220 e. The number of rotatable bonds is 9. The molecule has 1 atom stereocenters. The minimum Gasteiger partial charge on any atom is -0.388 e. The molecule has 1 aromatic carbocycles. The maximum atomic E-state index is 11.8. The molecular formula is C20H33NO3. The highest BCUT2D eigenvalue weighted by Gasteiger charge is 2.15. The summed E-state index contributed by atoms with van der Waals surface area (Å²) in [7, 11) is 0. The van der Waals surface area contributed by atoms with Crippen LogP contribution < -0.4 is 5.32 Å². The lowest BCUT2D eigenvalue weighted by atomic mass is 9.86. The van der Waals surface area contributed by atoms with Crippen LogP contribution in [0.2, 0.25) is 0 Å². The standard InChI is InChI=1S/C20H33NO3/c1-15(2)24-14-6-13-21-19(23)12-11-18(22)16-7-9-17(10-8-16)20(3,4)5/h7-10,15,18,22H,6,11-14H2,1-5H3,(H,21,23)/t18-/m1/s1. The van der Waals surface area contributed by atoms with E-state index in [4.69, 9.17) is 4.74 Å². The minimum atomic E-state index is -0.603. The van der Waals surface area contributed by atoms with Gasteiger partial charge in [-0.3, -0.25) is 4.79 Å². The molecule has 0 saturated heterocycles. The summed E-state index contributed by atoms with van der Waals surface area (Å²) in [4.78, 5) is 11.8. The number of carbonyl (C=O) groups excluding carboxylic acids is 1.